The second kappa shape index (κ2) is 7.54. The number of aromatic carboxylic acids is 1. The van der Waals surface area contributed by atoms with E-state index in [4.69, 9.17) is 16.3 Å². The average molecular weight is 450 g/mol. The molecule has 0 spiro atoms. The Hall–Kier alpha value is -2.64. The molecule has 3 rings (SSSR count). The normalized spacial score (nSPS) is 15.3. The fourth-order valence-corrected chi connectivity index (χ4v) is 3.22. The Labute approximate surface area is 168 Å². The van der Waals surface area contributed by atoms with Crippen LogP contribution in [0.2, 0.25) is 5.02 Å². The predicted octanol–water partition coefficient (Wildman–Crippen LogP) is 4.62. The third kappa shape index (κ3) is 3.74. The fraction of sp³-hybridized carbons (Fsp3) is 0.105. The SMILES string of the molecule is COc1ccc(Br)cc1/C=C1/C(=O)N(c2ccc(Cl)c(C(=O)O)c2)N=C1C. The van der Waals surface area contributed by atoms with Gasteiger partial charge >= 0.3 is 5.97 Å². The van der Waals surface area contributed by atoms with Crippen LogP contribution in [0.5, 0.6) is 5.75 Å². The van der Waals surface area contributed by atoms with Crippen molar-refractivity contribution in [3.8, 4) is 5.75 Å². The number of nitrogens with zero attached hydrogens (tertiary/aromatic N) is 2. The largest absolute Gasteiger partial charge is 0.496 e. The number of methoxy groups -OCH3 is 1. The van der Waals surface area contributed by atoms with E-state index < -0.39 is 5.97 Å². The van der Waals surface area contributed by atoms with Crippen LogP contribution in [0, 0.1) is 0 Å². The second-order valence-corrected chi connectivity index (χ2v) is 7.04. The van der Waals surface area contributed by atoms with Crippen LogP contribution in [0.1, 0.15) is 22.8 Å². The number of ether oxygens (including phenoxy) is 1. The molecule has 0 saturated carbocycles. The van der Waals surface area contributed by atoms with Gasteiger partial charge in [0.05, 0.1) is 34.7 Å². The van der Waals surface area contributed by atoms with Crippen LogP contribution in [0.3, 0.4) is 0 Å². The topological polar surface area (TPSA) is 79.2 Å². The van der Waals surface area contributed by atoms with Crippen LogP contribution in [0.15, 0.2) is 51.5 Å². The number of halogens is 2. The molecule has 1 aliphatic rings. The minimum atomic E-state index is -1.18. The van der Waals surface area contributed by atoms with E-state index in [2.05, 4.69) is 21.0 Å². The molecule has 1 aliphatic heterocycles. The van der Waals surface area contributed by atoms with E-state index in [1.54, 1.807) is 32.2 Å². The Morgan fingerprint density at radius 2 is 2.04 bits per heavy atom. The van der Waals surface area contributed by atoms with Gasteiger partial charge in [0.15, 0.2) is 0 Å². The van der Waals surface area contributed by atoms with Crippen LogP contribution in [0.25, 0.3) is 6.08 Å². The van der Waals surface area contributed by atoms with Gasteiger partial charge in [-0.3, -0.25) is 4.79 Å². The molecule has 0 radical (unpaired) electrons. The predicted molar refractivity (Wildman–Crippen MR) is 108 cm³/mol. The number of rotatable bonds is 4. The van der Waals surface area contributed by atoms with Crippen LogP contribution in [0.4, 0.5) is 5.69 Å². The van der Waals surface area contributed by atoms with Gasteiger partial charge in [0, 0.05) is 10.0 Å². The van der Waals surface area contributed by atoms with Gasteiger partial charge in [-0.1, -0.05) is 27.5 Å². The zero-order valence-corrected chi connectivity index (χ0v) is 16.7. The molecule has 1 heterocycles. The first kappa shape index (κ1) is 19.1. The lowest BCUT2D eigenvalue weighted by Gasteiger charge is -2.13. The summed E-state index contributed by atoms with van der Waals surface area (Å²) < 4.78 is 6.18. The van der Waals surface area contributed by atoms with Crippen LogP contribution in [-0.4, -0.2) is 29.8 Å². The van der Waals surface area contributed by atoms with E-state index in [1.165, 1.54) is 12.1 Å². The standard InChI is InChI=1S/C19H14BrClN2O4/c1-10-14(8-11-7-12(20)3-6-17(11)27-2)18(24)23(22-10)13-4-5-16(21)15(9-13)19(25)26/h3-9H,1-2H3,(H,25,26)/b14-8+. The number of carboxylic acids is 1. The smallest absolute Gasteiger partial charge is 0.337 e. The van der Waals surface area contributed by atoms with Crippen molar-refractivity contribution < 1.29 is 19.4 Å². The van der Waals surface area contributed by atoms with E-state index in [1.807, 2.05) is 12.1 Å². The zero-order valence-electron chi connectivity index (χ0n) is 14.4. The van der Waals surface area contributed by atoms with Crippen molar-refractivity contribution in [2.75, 3.05) is 12.1 Å². The molecule has 2 aromatic rings. The maximum absolute atomic E-state index is 12.9. The van der Waals surface area contributed by atoms with Gasteiger partial charge in [-0.2, -0.15) is 10.1 Å². The van der Waals surface area contributed by atoms with E-state index in [-0.39, 0.29) is 16.5 Å². The summed E-state index contributed by atoms with van der Waals surface area (Å²) in [6.07, 6.45) is 1.69. The summed E-state index contributed by atoms with van der Waals surface area (Å²) in [7, 11) is 1.55. The lowest BCUT2D eigenvalue weighted by Crippen LogP contribution is -2.21. The van der Waals surface area contributed by atoms with E-state index >= 15 is 0 Å². The Morgan fingerprint density at radius 3 is 2.70 bits per heavy atom. The molecule has 138 valence electrons. The van der Waals surface area contributed by atoms with Crippen molar-refractivity contribution in [1.29, 1.82) is 0 Å². The summed E-state index contributed by atoms with van der Waals surface area (Å²) in [4.78, 5) is 24.2. The second-order valence-electron chi connectivity index (χ2n) is 5.72. The number of amides is 1. The molecule has 0 aromatic heterocycles. The molecule has 1 N–H and O–H groups in total. The summed E-state index contributed by atoms with van der Waals surface area (Å²) in [5.74, 6) is -0.929. The molecule has 6 nitrogen and oxygen atoms in total. The molecule has 2 aromatic carbocycles. The van der Waals surface area contributed by atoms with E-state index in [9.17, 15) is 14.7 Å². The van der Waals surface area contributed by atoms with Crippen molar-refractivity contribution in [2.24, 2.45) is 5.10 Å². The molecular formula is C19H14BrClN2O4. The lowest BCUT2D eigenvalue weighted by molar-refractivity contribution is -0.114. The maximum Gasteiger partial charge on any atom is 0.337 e. The summed E-state index contributed by atoms with van der Waals surface area (Å²) in [5, 5.41) is 14.7. The summed E-state index contributed by atoms with van der Waals surface area (Å²) in [5.41, 5.74) is 1.84. The quantitative estimate of drug-likeness (QED) is 0.691. The van der Waals surface area contributed by atoms with Crippen LogP contribution < -0.4 is 9.75 Å². The lowest BCUT2D eigenvalue weighted by atomic mass is 10.1. The molecular weight excluding hydrogens is 436 g/mol. The van der Waals surface area contributed by atoms with E-state index in [0.29, 0.717) is 28.3 Å². The maximum atomic E-state index is 12.9. The zero-order chi connectivity index (χ0) is 19.7. The number of carboxylic acid groups (broad SMARTS) is 1. The van der Waals surface area contributed by atoms with Gasteiger partial charge in [-0.25, -0.2) is 4.79 Å². The van der Waals surface area contributed by atoms with Crippen molar-refractivity contribution in [3.05, 3.63) is 62.6 Å². The van der Waals surface area contributed by atoms with Crippen LogP contribution in [-0.2, 0) is 4.79 Å². The number of hydrogen-bond donors (Lipinski definition) is 1. The Bertz CT molecular complexity index is 1020. The minimum absolute atomic E-state index is 0.0910. The highest BCUT2D eigenvalue weighted by Gasteiger charge is 2.29. The van der Waals surface area contributed by atoms with Gasteiger partial charge in [0.1, 0.15) is 5.75 Å². The summed E-state index contributed by atoms with van der Waals surface area (Å²) >= 11 is 9.30. The molecule has 27 heavy (non-hydrogen) atoms. The Morgan fingerprint density at radius 1 is 1.30 bits per heavy atom. The molecule has 1 amide bonds. The molecule has 0 fully saturated rings. The molecule has 8 heteroatoms. The summed E-state index contributed by atoms with van der Waals surface area (Å²) in [6.45, 7) is 1.71. The number of carbonyl (C=O) groups is 2. The fourth-order valence-electron chi connectivity index (χ4n) is 2.64. The van der Waals surface area contributed by atoms with Crippen molar-refractivity contribution >= 4 is 56.9 Å². The highest BCUT2D eigenvalue weighted by Crippen LogP contribution is 2.31. The molecule has 0 saturated heterocycles. The van der Waals surface area contributed by atoms with Gasteiger partial charge in [0.2, 0.25) is 0 Å². The first-order valence-electron chi connectivity index (χ1n) is 7.80. The monoisotopic (exact) mass is 448 g/mol. The Balaban J connectivity index is 2.02. The van der Waals surface area contributed by atoms with Crippen LogP contribution >= 0.6 is 27.5 Å². The van der Waals surface area contributed by atoms with E-state index in [0.717, 1.165) is 9.48 Å². The van der Waals surface area contributed by atoms with Crippen molar-refractivity contribution in [2.45, 2.75) is 6.92 Å². The number of hydrazone groups is 1. The minimum Gasteiger partial charge on any atom is -0.496 e. The average Bonchev–Trinajstić information content (AvgIpc) is 2.90. The van der Waals surface area contributed by atoms with Gasteiger partial charge in [-0.15, -0.1) is 0 Å². The molecule has 0 unspecified atom stereocenters. The third-order valence-electron chi connectivity index (χ3n) is 3.98. The van der Waals surface area contributed by atoms with Crippen molar-refractivity contribution in [3.63, 3.8) is 0 Å². The first-order valence-corrected chi connectivity index (χ1v) is 8.97. The highest BCUT2D eigenvalue weighted by molar-refractivity contribution is 9.10. The number of carbonyl (C=O) groups excluding carboxylic acids is 1. The Kier molecular flexibility index (Phi) is 5.34. The van der Waals surface area contributed by atoms with Gasteiger partial charge in [-0.05, 0) is 49.4 Å². The first-order chi connectivity index (χ1) is 12.8. The van der Waals surface area contributed by atoms with Crippen molar-refractivity contribution in [1.82, 2.24) is 0 Å². The van der Waals surface area contributed by atoms with Gasteiger partial charge in [0.25, 0.3) is 5.91 Å². The van der Waals surface area contributed by atoms with Gasteiger partial charge < -0.3 is 9.84 Å². The number of hydrogen-bond acceptors (Lipinski definition) is 4. The highest BCUT2D eigenvalue weighted by atomic mass is 79.9. The summed E-state index contributed by atoms with van der Waals surface area (Å²) in [6, 6.07) is 9.76. The molecule has 0 atom stereocenters. The number of benzene rings is 2. The molecule has 0 aliphatic carbocycles. The number of anilines is 1. The third-order valence-corrected chi connectivity index (χ3v) is 4.80. The molecule has 0 bridgehead atoms.